The fraction of sp³-hybridized carbons (Fsp3) is 0.818. The van der Waals surface area contributed by atoms with Crippen molar-refractivity contribution in [2.24, 2.45) is 46.3 Å². The van der Waals surface area contributed by atoms with E-state index in [1.165, 1.54) is 51.4 Å². The van der Waals surface area contributed by atoms with Gasteiger partial charge in [0.1, 0.15) is 0 Å². The zero-order valence-electron chi connectivity index (χ0n) is 13.9. The Balaban J connectivity index is 1.52. The van der Waals surface area contributed by atoms with E-state index in [1.54, 1.807) is 24.0 Å². The third kappa shape index (κ3) is 1.27. The standard InChI is InChI=1S/C22H30/c1-13-19-5-15-3-16(6-19)10-21(13,9-15)22-11-17-4-18(12-22)8-20(7-17)14(22)2/h15-20H,1-12H2/t15-,16+,17-,18+,19?,20?,21?,22?. The minimum atomic E-state index is 0.495. The van der Waals surface area contributed by atoms with Crippen LogP contribution in [0.3, 0.4) is 0 Å². The first kappa shape index (κ1) is 12.8. The summed E-state index contributed by atoms with van der Waals surface area (Å²) in [5.41, 5.74) is 4.41. The lowest BCUT2D eigenvalue weighted by molar-refractivity contribution is -0.132. The maximum Gasteiger partial charge on any atom is 0.00110 e. The van der Waals surface area contributed by atoms with E-state index < -0.39 is 0 Å². The van der Waals surface area contributed by atoms with E-state index >= 15 is 0 Å². The maximum atomic E-state index is 4.78. The molecule has 8 aliphatic rings. The molecule has 8 saturated carbocycles. The van der Waals surface area contributed by atoms with Crippen LogP contribution in [0, 0.1) is 46.3 Å². The SMILES string of the molecule is C=C1C2C[C@@H]3C[C@H](C2)CC1(C12C[C@@H]4CC(C[C@@H](C4)C1)C2=C)C3. The van der Waals surface area contributed by atoms with E-state index in [9.17, 15) is 0 Å². The summed E-state index contributed by atoms with van der Waals surface area (Å²) in [6.45, 7) is 9.55. The fourth-order valence-corrected chi connectivity index (χ4v) is 9.21. The third-order valence-corrected chi connectivity index (χ3v) is 9.48. The van der Waals surface area contributed by atoms with E-state index in [0.29, 0.717) is 10.8 Å². The van der Waals surface area contributed by atoms with Gasteiger partial charge in [0.25, 0.3) is 0 Å². The van der Waals surface area contributed by atoms with Crippen molar-refractivity contribution in [1.29, 1.82) is 0 Å². The average molecular weight is 294 g/mol. The zero-order valence-corrected chi connectivity index (χ0v) is 13.9. The quantitative estimate of drug-likeness (QED) is 0.540. The molecule has 22 heavy (non-hydrogen) atoms. The summed E-state index contributed by atoms with van der Waals surface area (Å²) >= 11 is 0. The lowest BCUT2D eigenvalue weighted by Gasteiger charge is -2.71. The van der Waals surface area contributed by atoms with Gasteiger partial charge in [-0.2, -0.15) is 0 Å². The Morgan fingerprint density at radius 3 is 1.18 bits per heavy atom. The minimum Gasteiger partial charge on any atom is -0.0990 e. The molecule has 0 nitrogen and oxygen atoms in total. The summed E-state index contributed by atoms with van der Waals surface area (Å²) in [5.74, 6) is 5.89. The van der Waals surface area contributed by atoms with Gasteiger partial charge in [-0.15, -0.1) is 0 Å². The lowest BCUT2D eigenvalue weighted by atomic mass is 9.33. The molecule has 0 heteroatoms. The molecule has 8 bridgehead atoms. The molecule has 0 aromatic carbocycles. The van der Waals surface area contributed by atoms with Crippen molar-refractivity contribution in [2.75, 3.05) is 0 Å². The van der Waals surface area contributed by atoms with Gasteiger partial charge in [0.2, 0.25) is 0 Å². The second-order valence-corrected chi connectivity index (χ2v) is 10.3. The van der Waals surface area contributed by atoms with Crippen LogP contribution in [-0.2, 0) is 0 Å². The first-order chi connectivity index (χ1) is 10.6. The summed E-state index contributed by atoms with van der Waals surface area (Å²) in [5, 5.41) is 0. The van der Waals surface area contributed by atoms with Crippen LogP contribution in [0.5, 0.6) is 0 Å². The Morgan fingerprint density at radius 2 is 0.864 bits per heavy atom. The highest BCUT2D eigenvalue weighted by Gasteiger charge is 2.67. The monoisotopic (exact) mass is 294 g/mol. The minimum absolute atomic E-state index is 0.495. The number of allylic oxidation sites excluding steroid dienone is 2. The van der Waals surface area contributed by atoms with Crippen molar-refractivity contribution < 1.29 is 0 Å². The molecule has 0 heterocycles. The van der Waals surface area contributed by atoms with Crippen molar-refractivity contribution in [2.45, 2.75) is 64.2 Å². The van der Waals surface area contributed by atoms with Gasteiger partial charge >= 0.3 is 0 Å². The summed E-state index contributed by atoms with van der Waals surface area (Å²) < 4.78 is 0. The van der Waals surface area contributed by atoms with Crippen LogP contribution in [-0.4, -0.2) is 0 Å². The first-order valence-electron chi connectivity index (χ1n) is 9.98. The smallest absolute Gasteiger partial charge is 0.00110 e. The largest absolute Gasteiger partial charge is 0.0990 e. The van der Waals surface area contributed by atoms with E-state index in [0.717, 1.165) is 35.5 Å². The normalized spacial score (nSPS) is 61.3. The summed E-state index contributed by atoms with van der Waals surface area (Å²) in [7, 11) is 0. The second-order valence-electron chi connectivity index (χ2n) is 10.3. The summed E-state index contributed by atoms with van der Waals surface area (Å²) in [6.07, 6.45) is 15.0. The molecule has 0 radical (unpaired) electrons. The van der Waals surface area contributed by atoms with Gasteiger partial charge in [0, 0.05) is 10.8 Å². The van der Waals surface area contributed by atoms with E-state index in [4.69, 9.17) is 13.2 Å². The number of hydrogen-bond donors (Lipinski definition) is 0. The molecule has 8 rings (SSSR count). The van der Waals surface area contributed by atoms with Gasteiger partial charge in [-0.05, 0) is 99.7 Å². The van der Waals surface area contributed by atoms with Crippen molar-refractivity contribution >= 4 is 0 Å². The van der Waals surface area contributed by atoms with Crippen molar-refractivity contribution in [3.63, 3.8) is 0 Å². The Labute approximate surface area is 135 Å². The van der Waals surface area contributed by atoms with Crippen molar-refractivity contribution in [3.8, 4) is 0 Å². The molecule has 0 aromatic heterocycles. The van der Waals surface area contributed by atoms with Crippen molar-refractivity contribution in [3.05, 3.63) is 24.3 Å². The predicted molar refractivity (Wildman–Crippen MR) is 90.3 cm³/mol. The third-order valence-electron chi connectivity index (χ3n) is 9.48. The maximum absolute atomic E-state index is 4.78. The molecule has 0 N–H and O–H groups in total. The van der Waals surface area contributed by atoms with E-state index in [2.05, 4.69) is 0 Å². The fourth-order valence-electron chi connectivity index (χ4n) is 9.21. The molecule has 0 saturated heterocycles. The van der Waals surface area contributed by atoms with Crippen LogP contribution in [0.15, 0.2) is 24.3 Å². The molecule has 8 atom stereocenters. The molecule has 0 aliphatic heterocycles. The topological polar surface area (TPSA) is 0 Å². The molecule has 4 unspecified atom stereocenters. The molecule has 8 fully saturated rings. The van der Waals surface area contributed by atoms with Gasteiger partial charge in [0.05, 0.1) is 0 Å². The molecule has 8 aliphatic carbocycles. The summed E-state index contributed by atoms with van der Waals surface area (Å²) in [6, 6.07) is 0. The molecular weight excluding hydrogens is 264 g/mol. The Kier molecular flexibility index (Phi) is 2.19. The zero-order chi connectivity index (χ0) is 14.7. The van der Waals surface area contributed by atoms with Gasteiger partial charge < -0.3 is 0 Å². The van der Waals surface area contributed by atoms with Gasteiger partial charge in [-0.3, -0.25) is 0 Å². The highest BCUT2D eigenvalue weighted by molar-refractivity contribution is 5.38. The van der Waals surface area contributed by atoms with Gasteiger partial charge in [0.15, 0.2) is 0 Å². The molecule has 118 valence electrons. The molecule has 0 spiro atoms. The van der Waals surface area contributed by atoms with Crippen LogP contribution in [0.4, 0.5) is 0 Å². The Morgan fingerprint density at radius 1 is 0.545 bits per heavy atom. The van der Waals surface area contributed by atoms with Crippen LogP contribution in [0.25, 0.3) is 0 Å². The lowest BCUT2D eigenvalue weighted by Crippen LogP contribution is -2.62. The van der Waals surface area contributed by atoms with Crippen LogP contribution >= 0.6 is 0 Å². The summed E-state index contributed by atoms with van der Waals surface area (Å²) in [4.78, 5) is 0. The predicted octanol–water partition coefficient (Wildman–Crippen LogP) is 5.75. The van der Waals surface area contributed by atoms with E-state index in [1.807, 2.05) is 0 Å². The molecule has 0 aromatic rings. The average Bonchev–Trinajstić information content (AvgIpc) is 2.48. The van der Waals surface area contributed by atoms with Gasteiger partial charge in [-0.1, -0.05) is 24.3 Å². The molecular formula is C22H30. The second kappa shape index (κ2) is 3.76. The Hall–Kier alpha value is -0.520. The highest BCUT2D eigenvalue weighted by Crippen LogP contribution is 2.77. The van der Waals surface area contributed by atoms with E-state index in [-0.39, 0.29) is 0 Å². The molecule has 0 amide bonds. The van der Waals surface area contributed by atoms with Crippen LogP contribution in [0.2, 0.25) is 0 Å². The van der Waals surface area contributed by atoms with Gasteiger partial charge in [-0.25, -0.2) is 0 Å². The van der Waals surface area contributed by atoms with Crippen LogP contribution in [0.1, 0.15) is 64.2 Å². The number of rotatable bonds is 1. The number of hydrogen-bond acceptors (Lipinski definition) is 0. The van der Waals surface area contributed by atoms with Crippen LogP contribution < -0.4 is 0 Å². The highest BCUT2D eigenvalue weighted by atomic mass is 14.7. The Bertz CT molecular complexity index is 501. The first-order valence-corrected chi connectivity index (χ1v) is 9.98. The van der Waals surface area contributed by atoms with Crippen molar-refractivity contribution in [1.82, 2.24) is 0 Å².